The Kier molecular flexibility index (Phi) is 6.05. The normalized spacial score (nSPS) is 11.5. The van der Waals surface area contributed by atoms with Gasteiger partial charge in [-0.05, 0) is 31.0 Å². The Balaban J connectivity index is 2.01. The first-order valence-electron chi connectivity index (χ1n) is 7.68. The third-order valence-electron chi connectivity index (χ3n) is 3.24. The zero-order chi connectivity index (χ0) is 18.4. The van der Waals surface area contributed by atoms with Gasteiger partial charge in [-0.25, -0.2) is 18.1 Å². The molecule has 0 saturated heterocycles. The Morgan fingerprint density at radius 2 is 1.80 bits per heavy atom. The van der Waals surface area contributed by atoms with Gasteiger partial charge in [-0.2, -0.15) is 0 Å². The van der Waals surface area contributed by atoms with Crippen LogP contribution in [0.3, 0.4) is 0 Å². The molecule has 0 atom stereocenters. The van der Waals surface area contributed by atoms with Gasteiger partial charge < -0.3 is 5.32 Å². The molecule has 0 aliphatic rings. The molecular formula is C16H20N4O4S. The zero-order valence-corrected chi connectivity index (χ0v) is 14.8. The Labute approximate surface area is 146 Å². The summed E-state index contributed by atoms with van der Waals surface area (Å²) in [6.07, 6.45) is 1.48. The second-order valence-corrected chi connectivity index (χ2v) is 7.58. The lowest BCUT2D eigenvalue weighted by atomic mass is 10.1. The molecule has 1 aromatic carbocycles. The van der Waals surface area contributed by atoms with E-state index in [2.05, 4.69) is 15.0 Å². The molecule has 0 aliphatic heterocycles. The van der Waals surface area contributed by atoms with Crippen LogP contribution in [0.5, 0.6) is 0 Å². The summed E-state index contributed by atoms with van der Waals surface area (Å²) in [7, 11) is -3.37. The van der Waals surface area contributed by atoms with Gasteiger partial charge in [0.1, 0.15) is 0 Å². The number of hydrogen-bond donors (Lipinski definition) is 2. The summed E-state index contributed by atoms with van der Waals surface area (Å²) in [5.74, 6) is 0.102. The van der Waals surface area contributed by atoms with Crippen LogP contribution in [-0.4, -0.2) is 24.4 Å². The Bertz CT molecular complexity index is 835. The molecule has 134 valence electrons. The van der Waals surface area contributed by atoms with Crippen molar-refractivity contribution in [3.8, 4) is 0 Å². The van der Waals surface area contributed by atoms with Crippen molar-refractivity contribution in [2.45, 2.75) is 32.2 Å². The van der Waals surface area contributed by atoms with Crippen LogP contribution in [0.15, 0.2) is 42.6 Å². The first-order chi connectivity index (χ1) is 11.8. The average Bonchev–Trinajstić information content (AvgIpc) is 2.52. The first-order valence-corrected chi connectivity index (χ1v) is 9.33. The molecule has 0 bridgehead atoms. The quantitative estimate of drug-likeness (QED) is 0.549. The van der Waals surface area contributed by atoms with Crippen molar-refractivity contribution in [3.63, 3.8) is 0 Å². The molecule has 0 spiro atoms. The molecule has 2 N–H and O–H groups in total. The second-order valence-electron chi connectivity index (χ2n) is 5.83. The second kappa shape index (κ2) is 8.04. The van der Waals surface area contributed by atoms with E-state index in [1.54, 1.807) is 38.1 Å². The molecule has 2 rings (SSSR count). The number of hydrogen-bond acceptors (Lipinski definition) is 6. The first kappa shape index (κ1) is 18.8. The smallest absolute Gasteiger partial charge is 0.311 e. The summed E-state index contributed by atoms with van der Waals surface area (Å²) in [5.41, 5.74) is 1.43. The van der Waals surface area contributed by atoms with Gasteiger partial charge in [0, 0.05) is 24.8 Å². The van der Waals surface area contributed by atoms with Crippen molar-refractivity contribution in [2.75, 3.05) is 5.32 Å². The van der Waals surface area contributed by atoms with Crippen molar-refractivity contribution in [2.24, 2.45) is 0 Å². The zero-order valence-electron chi connectivity index (χ0n) is 14.0. The molecule has 2 aromatic rings. The van der Waals surface area contributed by atoms with Crippen LogP contribution in [0.1, 0.15) is 25.0 Å². The van der Waals surface area contributed by atoms with Crippen molar-refractivity contribution < 1.29 is 13.3 Å². The maximum atomic E-state index is 11.9. The number of nitro groups is 1. The fourth-order valence-electron chi connectivity index (χ4n) is 2.24. The molecule has 0 saturated carbocycles. The fourth-order valence-corrected chi connectivity index (χ4v) is 3.67. The molecular weight excluding hydrogens is 344 g/mol. The molecule has 0 amide bonds. The summed E-state index contributed by atoms with van der Waals surface area (Å²) < 4.78 is 26.4. The standard InChI is InChI=1S/C16H20N4O4S/c1-12(2)19-25(23,24)11-14-7-5-13(6-8-14)10-18-16-15(20(21)22)4-3-9-17-16/h3-9,12,19H,10-11H2,1-2H3,(H,17,18). The van der Waals surface area contributed by atoms with Gasteiger partial charge >= 0.3 is 5.69 Å². The van der Waals surface area contributed by atoms with E-state index in [9.17, 15) is 18.5 Å². The van der Waals surface area contributed by atoms with Crippen LogP contribution in [-0.2, 0) is 22.3 Å². The molecule has 8 nitrogen and oxygen atoms in total. The number of anilines is 1. The van der Waals surface area contributed by atoms with Crippen LogP contribution >= 0.6 is 0 Å². The lowest BCUT2D eigenvalue weighted by Crippen LogP contribution is -2.31. The number of nitrogens with zero attached hydrogens (tertiary/aromatic N) is 2. The van der Waals surface area contributed by atoms with Crippen molar-refractivity contribution in [1.29, 1.82) is 0 Å². The average molecular weight is 364 g/mol. The monoisotopic (exact) mass is 364 g/mol. The topological polar surface area (TPSA) is 114 Å². The molecule has 0 aliphatic carbocycles. The number of sulfonamides is 1. The van der Waals surface area contributed by atoms with Crippen LogP contribution in [0.2, 0.25) is 0 Å². The minimum atomic E-state index is -3.37. The molecule has 9 heteroatoms. The summed E-state index contributed by atoms with van der Waals surface area (Å²) in [6.45, 7) is 3.88. The Morgan fingerprint density at radius 1 is 1.16 bits per heavy atom. The third kappa shape index (κ3) is 5.80. The predicted octanol–water partition coefficient (Wildman–Crippen LogP) is 2.43. The summed E-state index contributed by atoms with van der Waals surface area (Å²) in [4.78, 5) is 14.4. The van der Waals surface area contributed by atoms with Gasteiger partial charge in [0.25, 0.3) is 0 Å². The van der Waals surface area contributed by atoms with E-state index >= 15 is 0 Å². The number of pyridine rings is 1. The lowest BCUT2D eigenvalue weighted by molar-refractivity contribution is -0.384. The molecule has 0 fully saturated rings. The van der Waals surface area contributed by atoms with Gasteiger partial charge in [0.2, 0.25) is 15.8 Å². The third-order valence-corrected chi connectivity index (χ3v) is 4.78. The van der Waals surface area contributed by atoms with E-state index in [0.29, 0.717) is 12.1 Å². The molecule has 0 radical (unpaired) electrons. The van der Waals surface area contributed by atoms with E-state index in [0.717, 1.165) is 5.56 Å². The Morgan fingerprint density at radius 3 is 2.40 bits per heavy atom. The van der Waals surface area contributed by atoms with E-state index in [1.165, 1.54) is 18.3 Å². The molecule has 25 heavy (non-hydrogen) atoms. The number of rotatable bonds is 8. The lowest BCUT2D eigenvalue weighted by Gasteiger charge is -2.10. The van der Waals surface area contributed by atoms with Crippen LogP contribution in [0.25, 0.3) is 0 Å². The van der Waals surface area contributed by atoms with E-state index < -0.39 is 14.9 Å². The maximum absolute atomic E-state index is 11.9. The largest absolute Gasteiger partial charge is 0.360 e. The molecule has 1 aromatic heterocycles. The van der Waals surface area contributed by atoms with E-state index in [4.69, 9.17) is 0 Å². The minimum Gasteiger partial charge on any atom is -0.360 e. The minimum absolute atomic E-state index is 0.0926. The maximum Gasteiger partial charge on any atom is 0.311 e. The highest BCUT2D eigenvalue weighted by molar-refractivity contribution is 7.88. The van der Waals surface area contributed by atoms with Crippen molar-refractivity contribution in [1.82, 2.24) is 9.71 Å². The highest BCUT2D eigenvalue weighted by atomic mass is 32.2. The highest BCUT2D eigenvalue weighted by Crippen LogP contribution is 2.21. The van der Waals surface area contributed by atoms with Crippen molar-refractivity contribution in [3.05, 3.63) is 63.8 Å². The van der Waals surface area contributed by atoms with E-state index in [-0.39, 0.29) is 23.3 Å². The summed E-state index contributed by atoms with van der Waals surface area (Å²) in [6, 6.07) is 9.74. The SMILES string of the molecule is CC(C)NS(=O)(=O)Cc1ccc(CNc2ncccc2[N+](=O)[O-])cc1. The van der Waals surface area contributed by atoms with Gasteiger partial charge in [0.15, 0.2) is 0 Å². The molecule has 1 heterocycles. The van der Waals surface area contributed by atoms with Gasteiger partial charge in [-0.1, -0.05) is 24.3 Å². The number of benzene rings is 1. The summed E-state index contributed by atoms with van der Waals surface area (Å²) >= 11 is 0. The van der Waals surface area contributed by atoms with Crippen molar-refractivity contribution >= 4 is 21.5 Å². The summed E-state index contributed by atoms with van der Waals surface area (Å²) in [5, 5.41) is 13.9. The van der Waals surface area contributed by atoms with Crippen LogP contribution in [0.4, 0.5) is 11.5 Å². The van der Waals surface area contributed by atoms with Gasteiger partial charge in [0.05, 0.1) is 10.7 Å². The number of nitrogens with one attached hydrogen (secondary N) is 2. The van der Waals surface area contributed by atoms with Gasteiger partial charge in [-0.3, -0.25) is 10.1 Å². The highest BCUT2D eigenvalue weighted by Gasteiger charge is 2.14. The van der Waals surface area contributed by atoms with E-state index in [1.807, 2.05) is 0 Å². The van der Waals surface area contributed by atoms with Crippen LogP contribution < -0.4 is 10.0 Å². The fraction of sp³-hybridized carbons (Fsp3) is 0.312. The van der Waals surface area contributed by atoms with Gasteiger partial charge in [-0.15, -0.1) is 0 Å². The predicted molar refractivity (Wildman–Crippen MR) is 95.6 cm³/mol. The number of aromatic nitrogens is 1. The molecule has 0 unspecified atom stereocenters. The van der Waals surface area contributed by atoms with Crippen LogP contribution in [0, 0.1) is 10.1 Å². The Hall–Kier alpha value is -2.52.